The lowest BCUT2D eigenvalue weighted by atomic mass is 9.77. The van der Waals surface area contributed by atoms with E-state index in [1.54, 1.807) is 0 Å². The first-order valence-electron chi connectivity index (χ1n) is 15.8. The third kappa shape index (κ3) is 6.37. The van der Waals surface area contributed by atoms with Gasteiger partial charge >= 0.3 is 0 Å². The Hall–Kier alpha value is -1.70. The van der Waals surface area contributed by atoms with E-state index in [0.717, 1.165) is 36.5 Å². The van der Waals surface area contributed by atoms with Crippen molar-refractivity contribution in [3.63, 3.8) is 0 Å². The van der Waals surface area contributed by atoms with Crippen molar-refractivity contribution in [2.75, 3.05) is 39.8 Å². The minimum Gasteiger partial charge on any atom is -0.349 e. The van der Waals surface area contributed by atoms with Crippen LogP contribution < -0.4 is 0 Å². The molecule has 0 bridgehead atoms. The Morgan fingerprint density at radius 3 is 2.11 bits per heavy atom. The van der Waals surface area contributed by atoms with Gasteiger partial charge in [-0.15, -0.1) is 0 Å². The van der Waals surface area contributed by atoms with Gasteiger partial charge in [0.05, 0.1) is 0 Å². The standard InChI is InChI=1S/C31H51N7/c1-36(28(21-29-32-14-15-33-29)22-30-34-16-17-35-30)26-9-7-25(8-10-26)23-37-18-11-31(24-37)12-19-38(20-13-31)27-5-3-2-4-6-27/h14-17,25-28H,2-13,18-24H2,1H3,(H,32,33)(H,34,35). The number of hydrogen-bond acceptors (Lipinski definition) is 5. The topological polar surface area (TPSA) is 67.1 Å². The van der Waals surface area contributed by atoms with Crippen LogP contribution in [0.15, 0.2) is 24.8 Å². The first kappa shape index (κ1) is 26.5. The third-order valence-corrected chi connectivity index (χ3v) is 10.9. The molecule has 4 heterocycles. The Morgan fingerprint density at radius 1 is 0.868 bits per heavy atom. The number of hydrogen-bond donors (Lipinski definition) is 2. The summed E-state index contributed by atoms with van der Waals surface area (Å²) < 4.78 is 0. The Labute approximate surface area is 230 Å². The Balaban J connectivity index is 0.961. The summed E-state index contributed by atoms with van der Waals surface area (Å²) >= 11 is 0. The van der Waals surface area contributed by atoms with Crippen LogP contribution in [-0.4, -0.2) is 92.5 Å². The molecule has 2 aliphatic heterocycles. The highest BCUT2D eigenvalue weighted by molar-refractivity contribution is 5.00. The Morgan fingerprint density at radius 2 is 1.50 bits per heavy atom. The smallest absolute Gasteiger partial charge is 0.107 e. The molecule has 4 fully saturated rings. The molecular weight excluding hydrogens is 470 g/mol. The zero-order valence-corrected chi connectivity index (χ0v) is 23.8. The molecule has 0 atom stereocenters. The van der Waals surface area contributed by atoms with E-state index < -0.39 is 0 Å². The second-order valence-corrected chi connectivity index (χ2v) is 13.3. The van der Waals surface area contributed by atoms with Crippen LogP contribution in [0.25, 0.3) is 0 Å². The van der Waals surface area contributed by atoms with Gasteiger partial charge in [0.2, 0.25) is 0 Å². The molecule has 7 nitrogen and oxygen atoms in total. The van der Waals surface area contributed by atoms with Gasteiger partial charge in [0.25, 0.3) is 0 Å². The molecule has 2 N–H and O–H groups in total. The molecule has 1 spiro atoms. The van der Waals surface area contributed by atoms with Crippen molar-refractivity contribution in [2.24, 2.45) is 11.3 Å². The molecule has 2 saturated heterocycles. The summed E-state index contributed by atoms with van der Waals surface area (Å²) in [4.78, 5) is 24.1. The maximum atomic E-state index is 4.53. The summed E-state index contributed by atoms with van der Waals surface area (Å²) in [6, 6.07) is 1.98. The van der Waals surface area contributed by atoms with Gasteiger partial charge < -0.3 is 19.8 Å². The lowest BCUT2D eigenvalue weighted by Gasteiger charge is -2.44. The van der Waals surface area contributed by atoms with Crippen LogP contribution in [0.2, 0.25) is 0 Å². The fourth-order valence-electron chi connectivity index (χ4n) is 8.43. The van der Waals surface area contributed by atoms with Crippen LogP contribution in [0.4, 0.5) is 0 Å². The fourth-order valence-corrected chi connectivity index (χ4v) is 8.43. The summed E-state index contributed by atoms with van der Waals surface area (Å²) in [5, 5.41) is 0. The molecule has 2 aromatic heterocycles. The van der Waals surface area contributed by atoms with Crippen molar-refractivity contribution in [1.29, 1.82) is 0 Å². The first-order valence-corrected chi connectivity index (χ1v) is 15.8. The number of imidazole rings is 2. The van der Waals surface area contributed by atoms with Crippen LogP contribution in [0.5, 0.6) is 0 Å². The number of nitrogens with zero attached hydrogens (tertiary/aromatic N) is 5. The summed E-state index contributed by atoms with van der Waals surface area (Å²) in [5.41, 5.74) is 0.632. The van der Waals surface area contributed by atoms with E-state index in [-0.39, 0.29) is 0 Å². The normalized spacial score (nSPS) is 27.7. The number of rotatable bonds is 9. The SMILES string of the molecule is CN(C1CCC(CN2CCC3(CCN(C4CCCCC4)CC3)C2)CC1)C(Cc1ncc[nH]1)Cc1ncc[nH]1. The molecule has 2 aliphatic carbocycles. The van der Waals surface area contributed by atoms with E-state index in [1.165, 1.54) is 110 Å². The molecule has 0 aromatic carbocycles. The van der Waals surface area contributed by atoms with E-state index >= 15 is 0 Å². The van der Waals surface area contributed by atoms with E-state index in [2.05, 4.69) is 41.7 Å². The fraction of sp³-hybridized carbons (Fsp3) is 0.806. The van der Waals surface area contributed by atoms with Gasteiger partial charge in [-0.05, 0) is 95.8 Å². The van der Waals surface area contributed by atoms with Crippen molar-refractivity contribution in [2.45, 2.75) is 108 Å². The summed E-state index contributed by atoms with van der Waals surface area (Å²) in [6.07, 6.45) is 26.6. The van der Waals surface area contributed by atoms with Crippen LogP contribution >= 0.6 is 0 Å². The van der Waals surface area contributed by atoms with E-state index in [1.807, 2.05) is 24.8 Å². The molecule has 2 saturated carbocycles. The number of H-pyrrole nitrogens is 2. The van der Waals surface area contributed by atoms with Crippen LogP contribution in [0, 0.1) is 11.3 Å². The van der Waals surface area contributed by atoms with Crippen molar-refractivity contribution < 1.29 is 0 Å². The molecule has 2 aromatic rings. The predicted octanol–water partition coefficient (Wildman–Crippen LogP) is 4.90. The molecule has 38 heavy (non-hydrogen) atoms. The van der Waals surface area contributed by atoms with Crippen LogP contribution in [-0.2, 0) is 12.8 Å². The van der Waals surface area contributed by atoms with Gasteiger partial charge in [0.1, 0.15) is 11.6 Å². The average molecular weight is 522 g/mol. The second kappa shape index (κ2) is 12.2. The molecule has 4 aliphatic rings. The van der Waals surface area contributed by atoms with Gasteiger partial charge in [-0.25, -0.2) is 9.97 Å². The molecule has 0 radical (unpaired) electrons. The van der Waals surface area contributed by atoms with Crippen molar-refractivity contribution in [1.82, 2.24) is 34.6 Å². The molecule has 0 unspecified atom stereocenters. The molecule has 210 valence electrons. The maximum Gasteiger partial charge on any atom is 0.107 e. The largest absolute Gasteiger partial charge is 0.349 e. The minimum absolute atomic E-state index is 0.409. The van der Waals surface area contributed by atoms with Crippen LogP contribution in [0.1, 0.15) is 88.7 Å². The lowest BCUT2D eigenvalue weighted by Crippen LogP contribution is -2.47. The monoisotopic (exact) mass is 521 g/mol. The maximum absolute atomic E-state index is 4.53. The number of likely N-dealkylation sites (N-methyl/N-ethyl adjacent to an activating group) is 1. The number of aromatic nitrogens is 4. The number of likely N-dealkylation sites (tertiary alicyclic amines) is 2. The quantitative estimate of drug-likeness (QED) is 0.491. The van der Waals surface area contributed by atoms with Crippen molar-refractivity contribution >= 4 is 0 Å². The lowest BCUT2D eigenvalue weighted by molar-refractivity contribution is 0.0589. The number of aromatic amines is 2. The zero-order valence-electron chi connectivity index (χ0n) is 23.8. The summed E-state index contributed by atoms with van der Waals surface area (Å²) in [7, 11) is 2.34. The Bertz CT molecular complexity index is 899. The highest BCUT2D eigenvalue weighted by atomic mass is 15.2. The second-order valence-electron chi connectivity index (χ2n) is 13.3. The van der Waals surface area contributed by atoms with Gasteiger partial charge in [0, 0.05) is 68.8 Å². The summed E-state index contributed by atoms with van der Waals surface area (Å²) in [6.45, 7) is 6.80. The van der Waals surface area contributed by atoms with E-state index in [0.29, 0.717) is 17.5 Å². The molecule has 0 amide bonds. The first-order chi connectivity index (χ1) is 18.7. The van der Waals surface area contributed by atoms with Gasteiger partial charge in [-0.3, -0.25) is 4.90 Å². The molecule has 7 heteroatoms. The minimum atomic E-state index is 0.409. The molecule has 6 rings (SSSR count). The van der Waals surface area contributed by atoms with Gasteiger partial charge in [-0.1, -0.05) is 19.3 Å². The zero-order chi connectivity index (χ0) is 25.8. The van der Waals surface area contributed by atoms with Crippen molar-refractivity contribution in [3.8, 4) is 0 Å². The van der Waals surface area contributed by atoms with Gasteiger partial charge in [0.15, 0.2) is 0 Å². The van der Waals surface area contributed by atoms with Gasteiger partial charge in [-0.2, -0.15) is 0 Å². The molecular formula is C31H51N7. The van der Waals surface area contributed by atoms with Crippen LogP contribution in [0.3, 0.4) is 0 Å². The third-order valence-electron chi connectivity index (χ3n) is 10.9. The summed E-state index contributed by atoms with van der Waals surface area (Å²) in [5.74, 6) is 3.04. The Kier molecular flexibility index (Phi) is 8.53. The predicted molar refractivity (Wildman–Crippen MR) is 153 cm³/mol. The van der Waals surface area contributed by atoms with E-state index in [9.17, 15) is 0 Å². The highest BCUT2D eigenvalue weighted by Gasteiger charge is 2.42. The average Bonchev–Trinajstić information content (AvgIpc) is 3.74. The number of piperidine rings is 1. The highest BCUT2D eigenvalue weighted by Crippen LogP contribution is 2.42. The van der Waals surface area contributed by atoms with E-state index in [4.69, 9.17) is 0 Å². The van der Waals surface area contributed by atoms with Crippen molar-refractivity contribution in [3.05, 3.63) is 36.4 Å². The number of nitrogens with one attached hydrogen (secondary N) is 2.